The van der Waals surface area contributed by atoms with E-state index in [1.165, 1.54) is 43.2 Å². The van der Waals surface area contributed by atoms with Crippen molar-refractivity contribution in [1.29, 1.82) is 0 Å². The first kappa shape index (κ1) is 19.1. The summed E-state index contributed by atoms with van der Waals surface area (Å²) in [5.41, 5.74) is 3.07. The molecule has 1 aromatic carbocycles. The molecular weight excluding hydrogens is 399 g/mol. The van der Waals surface area contributed by atoms with Crippen molar-refractivity contribution in [2.45, 2.75) is 69.7 Å². The third kappa shape index (κ3) is 4.92. The van der Waals surface area contributed by atoms with E-state index in [0.717, 1.165) is 18.6 Å². The molecule has 24 heavy (non-hydrogen) atoms. The van der Waals surface area contributed by atoms with Gasteiger partial charge in [-0.15, -0.1) is 33.2 Å². The summed E-state index contributed by atoms with van der Waals surface area (Å²) in [6, 6.07) is 4.67. The summed E-state index contributed by atoms with van der Waals surface area (Å²) >= 11 is 17.9. The minimum atomic E-state index is -2.51. The first-order valence-corrected chi connectivity index (χ1v) is 16.5. The standard InChI is InChI=1S/C17H25Cl3O2Si2/c1-23(16-7-3-2-4-8-16)21-13-15-12-14(9-10-17(15)22-23)6-5-11-24(18,19)20/h9-10,12,16H,2-8,11,13H2,1H3. The van der Waals surface area contributed by atoms with E-state index >= 15 is 0 Å². The van der Waals surface area contributed by atoms with Gasteiger partial charge in [0.15, 0.2) is 0 Å². The number of fused-ring (bicyclic) bond motifs is 1. The van der Waals surface area contributed by atoms with Crippen molar-refractivity contribution in [1.82, 2.24) is 0 Å². The van der Waals surface area contributed by atoms with Gasteiger partial charge in [0, 0.05) is 11.1 Å². The van der Waals surface area contributed by atoms with Gasteiger partial charge in [0.05, 0.1) is 6.61 Å². The van der Waals surface area contributed by atoms with E-state index < -0.39 is 14.6 Å². The molecule has 1 atom stereocenters. The number of rotatable bonds is 5. The molecule has 0 amide bonds. The second-order valence-electron chi connectivity index (χ2n) is 7.15. The lowest BCUT2D eigenvalue weighted by Gasteiger charge is -2.40. The van der Waals surface area contributed by atoms with Crippen molar-refractivity contribution in [3.8, 4) is 5.75 Å². The highest BCUT2D eigenvalue weighted by Crippen LogP contribution is 2.42. The molecule has 0 spiro atoms. The normalized spacial score (nSPS) is 25.2. The molecule has 7 heteroatoms. The monoisotopic (exact) mass is 422 g/mol. The smallest absolute Gasteiger partial charge is 0.399 e. The number of hydrogen-bond acceptors (Lipinski definition) is 2. The average molecular weight is 424 g/mol. The summed E-state index contributed by atoms with van der Waals surface area (Å²) < 4.78 is 12.7. The van der Waals surface area contributed by atoms with E-state index in [2.05, 4.69) is 24.7 Å². The Labute approximate surface area is 161 Å². The Kier molecular flexibility index (Phi) is 6.26. The topological polar surface area (TPSA) is 18.5 Å². The zero-order valence-electron chi connectivity index (χ0n) is 14.1. The average Bonchev–Trinajstić information content (AvgIpc) is 2.55. The van der Waals surface area contributed by atoms with Crippen LogP contribution < -0.4 is 4.43 Å². The van der Waals surface area contributed by atoms with E-state index in [9.17, 15) is 0 Å². The number of benzene rings is 1. The highest BCUT2D eigenvalue weighted by atomic mass is 35.8. The first-order chi connectivity index (χ1) is 11.4. The Morgan fingerprint density at radius 3 is 2.62 bits per heavy atom. The zero-order valence-corrected chi connectivity index (χ0v) is 18.4. The molecule has 1 saturated carbocycles. The Morgan fingerprint density at radius 1 is 1.17 bits per heavy atom. The highest BCUT2D eigenvalue weighted by Gasteiger charge is 2.46. The molecule has 2 nitrogen and oxygen atoms in total. The Bertz CT molecular complexity index is 573. The van der Waals surface area contributed by atoms with Crippen LogP contribution in [0.4, 0.5) is 0 Å². The van der Waals surface area contributed by atoms with E-state index in [1.54, 1.807) is 0 Å². The van der Waals surface area contributed by atoms with Gasteiger partial charge in [-0.05, 0) is 56.0 Å². The summed E-state index contributed by atoms with van der Waals surface area (Å²) in [5.74, 6) is 1.03. The molecule has 0 N–H and O–H groups in total. The van der Waals surface area contributed by atoms with E-state index in [4.69, 9.17) is 42.1 Å². The van der Waals surface area contributed by atoms with Crippen LogP contribution >= 0.6 is 33.2 Å². The quantitative estimate of drug-likeness (QED) is 0.393. The fraction of sp³-hybridized carbons (Fsp3) is 0.647. The molecule has 1 fully saturated rings. The summed E-state index contributed by atoms with van der Waals surface area (Å²) in [6.07, 6.45) is 8.37. The lowest BCUT2D eigenvalue weighted by molar-refractivity contribution is 0.187. The third-order valence-corrected chi connectivity index (χ3v) is 11.2. The molecule has 0 radical (unpaired) electrons. The van der Waals surface area contributed by atoms with Crippen LogP contribution in [-0.2, 0) is 17.5 Å². The summed E-state index contributed by atoms with van der Waals surface area (Å²) in [7, 11) is -2.10. The van der Waals surface area contributed by atoms with Gasteiger partial charge in [-0.25, -0.2) is 0 Å². The van der Waals surface area contributed by atoms with E-state index in [0.29, 0.717) is 18.2 Å². The van der Waals surface area contributed by atoms with Crippen molar-refractivity contribution in [2.24, 2.45) is 0 Å². The number of aryl methyl sites for hydroxylation is 1. The van der Waals surface area contributed by atoms with Crippen molar-refractivity contribution < 1.29 is 8.85 Å². The molecule has 0 bridgehead atoms. The molecule has 0 saturated heterocycles. The van der Waals surface area contributed by atoms with Crippen molar-refractivity contribution >= 4 is 47.8 Å². The second-order valence-corrected chi connectivity index (χ2v) is 19.8. The largest absolute Gasteiger partial charge is 0.520 e. The Hall–Kier alpha value is 0.284. The van der Waals surface area contributed by atoms with Gasteiger partial charge in [-0.3, -0.25) is 0 Å². The minimum absolute atomic E-state index is 0.633. The van der Waals surface area contributed by atoms with Crippen LogP contribution in [0.3, 0.4) is 0 Å². The molecule has 1 aromatic rings. The molecule has 2 aliphatic rings. The predicted molar refractivity (Wildman–Crippen MR) is 107 cm³/mol. The van der Waals surface area contributed by atoms with Crippen LogP contribution in [0.15, 0.2) is 18.2 Å². The van der Waals surface area contributed by atoms with Crippen molar-refractivity contribution in [3.05, 3.63) is 29.3 Å². The molecule has 1 heterocycles. The van der Waals surface area contributed by atoms with Crippen molar-refractivity contribution in [2.75, 3.05) is 0 Å². The lowest BCUT2D eigenvalue weighted by atomic mass is 10.0. The van der Waals surface area contributed by atoms with Gasteiger partial charge < -0.3 is 8.85 Å². The molecule has 134 valence electrons. The summed E-state index contributed by atoms with van der Waals surface area (Å²) in [5, 5.41) is 0. The molecule has 0 aromatic heterocycles. The molecule has 1 aliphatic carbocycles. The fourth-order valence-corrected chi connectivity index (χ4v) is 8.57. The predicted octanol–water partition coefficient (Wildman–Crippen LogP) is 6.59. The maximum atomic E-state index is 6.43. The van der Waals surface area contributed by atoms with E-state index in [1.807, 2.05) is 0 Å². The fourth-order valence-electron chi connectivity index (χ4n) is 3.79. The summed E-state index contributed by atoms with van der Waals surface area (Å²) in [6.45, 7) is 2.92. The van der Waals surface area contributed by atoms with Crippen molar-refractivity contribution in [3.63, 3.8) is 0 Å². The lowest BCUT2D eigenvalue weighted by Crippen LogP contribution is -2.49. The second kappa shape index (κ2) is 7.89. The molecule has 3 rings (SSSR count). The maximum Gasteiger partial charge on any atom is 0.399 e. The van der Waals surface area contributed by atoms with Gasteiger partial charge in [-0.1, -0.05) is 25.3 Å². The zero-order chi connectivity index (χ0) is 17.2. The maximum absolute atomic E-state index is 6.43. The van der Waals surface area contributed by atoms with Gasteiger partial charge >= 0.3 is 14.6 Å². The van der Waals surface area contributed by atoms with Crippen LogP contribution in [0.25, 0.3) is 0 Å². The van der Waals surface area contributed by atoms with Gasteiger partial charge in [0.25, 0.3) is 0 Å². The molecule has 1 aliphatic heterocycles. The Morgan fingerprint density at radius 2 is 1.92 bits per heavy atom. The van der Waals surface area contributed by atoms with Crippen LogP contribution in [0.2, 0.25) is 18.1 Å². The Balaban J connectivity index is 1.63. The SMILES string of the molecule is C[Si]1(C2CCCCC2)OCc2cc(CCC[Si](Cl)(Cl)Cl)ccc2O1. The third-order valence-electron chi connectivity index (χ3n) is 5.22. The number of hydrogen-bond donors (Lipinski definition) is 0. The highest BCUT2D eigenvalue weighted by molar-refractivity contribution is 7.64. The number of halogens is 3. The van der Waals surface area contributed by atoms with E-state index in [-0.39, 0.29) is 0 Å². The molecular formula is C17H25Cl3O2Si2. The van der Waals surface area contributed by atoms with Gasteiger partial charge in [0.1, 0.15) is 5.75 Å². The van der Waals surface area contributed by atoms with Gasteiger partial charge in [-0.2, -0.15) is 0 Å². The van der Waals surface area contributed by atoms with Crippen LogP contribution in [-0.4, -0.2) is 14.6 Å². The van der Waals surface area contributed by atoms with Crippen LogP contribution in [0, 0.1) is 0 Å². The molecule has 1 unspecified atom stereocenters. The minimum Gasteiger partial charge on any atom is -0.520 e. The van der Waals surface area contributed by atoms with Gasteiger partial charge in [0.2, 0.25) is 0 Å². The van der Waals surface area contributed by atoms with Crippen LogP contribution in [0.1, 0.15) is 49.7 Å². The summed E-state index contributed by atoms with van der Waals surface area (Å²) in [4.78, 5) is 0. The first-order valence-electron chi connectivity index (χ1n) is 8.87. The van der Waals surface area contributed by atoms with Crippen LogP contribution in [0.5, 0.6) is 5.75 Å².